The third kappa shape index (κ3) is 5.71. The number of carbonyl (C=O) groups is 1. The first-order chi connectivity index (χ1) is 15.1. The van der Waals surface area contributed by atoms with Crippen LogP contribution < -0.4 is 4.90 Å². The summed E-state index contributed by atoms with van der Waals surface area (Å²) in [5, 5.41) is 0.612. The summed E-state index contributed by atoms with van der Waals surface area (Å²) in [5.74, 6) is 0.614. The summed E-state index contributed by atoms with van der Waals surface area (Å²) in [7, 11) is 0. The number of fused-ring (bicyclic) bond motifs is 1. The highest BCUT2D eigenvalue weighted by Gasteiger charge is 2.20. The van der Waals surface area contributed by atoms with Gasteiger partial charge in [0.15, 0.2) is 5.13 Å². The number of aromatic nitrogens is 1. The van der Waals surface area contributed by atoms with Crippen LogP contribution in [-0.2, 0) is 11.3 Å². The second-order valence-electron chi connectivity index (χ2n) is 7.34. The maximum Gasteiger partial charge on any atom is 0.229 e. The molecule has 158 valence electrons. The number of hydrogen-bond donors (Lipinski definition) is 0. The summed E-state index contributed by atoms with van der Waals surface area (Å²) >= 11 is 3.12. The number of hydrogen-bond acceptors (Lipinski definition) is 4. The minimum atomic E-state index is -0.295. The average Bonchev–Trinajstić information content (AvgIpc) is 3.19. The molecule has 0 fully saturated rings. The molecule has 0 radical (unpaired) electrons. The van der Waals surface area contributed by atoms with Gasteiger partial charge in [-0.05, 0) is 55.0 Å². The molecule has 6 heteroatoms. The molecule has 4 aromatic rings. The quantitative estimate of drug-likeness (QED) is 0.217. The third-order valence-corrected chi connectivity index (χ3v) is 7.02. The number of nitrogens with zero attached hydrogens (tertiary/aromatic N) is 2. The van der Waals surface area contributed by atoms with E-state index < -0.39 is 0 Å². The topological polar surface area (TPSA) is 33.2 Å². The van der Waals surface area contributed by atoms with E-state index in [1.54, 1.807) is 22.7 Å². The number of carbonyl (C=O) groups excluding carboxylic acids is 1. The molecule has 3 nitrogen and oxygen atoms in total. The summed E-state index contributed by atoms with van der Waals surface area (Å²) in [6.45, 7) is 2.53. The van der Waals surface area contributed by atoms with Gasteiger partial charge in [-0.3, -0.25) is 9.69 Å². The van der Waals surface area contributed by atoms with Crippen LogP contribution in [0.3, 0.4) is 0 Å². The number of anilines is 1. The Kier molecular flexibility index (Phi) is 6.99. The number of thioether (sulfide) groups is 1. The lowest BCUT2D eigenvalue weighted by molar-refractivity contribution is -0.118. The van der Waals surface area contributed by atoms with Crippen LogP contribution in [0.1, 0.15) is 24.0 Å². The second-order valence-corrected chi connectivity index (χ2v) is 9.52. The number of amides is 1. The Labute approximate surface area is 189 Å². The number of aryl methyl sites for hydroxylation is 1. The van der Waals surface area contributed by atoms with Crippen molar-refractivity contribution in [1.29, 1.82) is 0 Å². The van der Waals surface area contributed by atoms with Crippen molar-refractivity contribution in [3.05, 3.63) is 89.7 Å². The second kappa shape index (κ2) is 10.1. The lowest BCUT2D eigenvalue weighted by atomic mass is 10.2. The molecular formula is C25H23FN2OS2. The van der Waals surface area contributed by atoms with Gasteiger partial charge in [0, 0.05) is 11.3 Å². The van der Waals surface area contributed by atoms with Gasteiger partial charge in [-0.25, -0.2) is 9.37 Å². The molecule has 0 bridgehead atoms. The van der Waals surface area contributed by atoms with Crippen molar-refractivity contribution < 1.29 is 9.18 Å². The third-order valence-electron chi connectivity index (χ3n) is 4.88. The molecule has 1 heterocycles. The van der Waals surface area contributed by atoms with E-state index in [2.05, 4.69) is 36.2 Å². The zero-order valence-electron chi connectivity index (χ0n) is 17.3. The van der Waals surface area contributed by atoms with E-state index in [4.69, 9.17) is 0 Å². The lowest BCUT2D eigenvalue weighted by Crippen LogP contribution is -2.30. The first-order valence-corrected chi connectivity index (χ1v) is 12.0. The monoisotopic (exact) mass is 450 g/mol. The van der Waals surface area contributed by atoms with Gasteiger partial charge in [0.1, 0.15) is 5.82 Å². The van der Waals surface area contributed by atoms with E-state index in [-0.39, 0.29) is 11.7 Å². The highest BCUT2D eigenvalue weighted by atomic mass is 32.2. The highest BCUT2D eigenvalue weighted by Crippen LogP contribution is 2.31. The molecule has 0 unspecified atom stereocenters. The minimum Gasteiger partial charge on any atom is -0.284 e. The van der Waals surface area contributed by atoms with E-state index >= 15 is 0 Å². The van der Waals surface area contributed by atoms with Gasteiger partial charge in [-0.15, -0.1) is 11.8 Å². The van der Waals surface area contributed by atoms with Gasteiger partial charge in [0.05, 0.1) is 16.8 Å². The maximum atomic E-state index is 13.6. The number of thiazole rings is 1. The first-order valence-electron chi connectivity index (χ1n) is 10.2. The van der Waals surface area contributed by atoms with E-state index in [1.807, 2.05) is 30.3 Å². The fourth-order valence-corrected chi connectivity index (χ4v) is 5.07. The van der Waals surface area contributed by atoms with Crippen LogP contribution in [0.15, 0.2) is 77.7 Å². The van der Waals surface area contributed by atoms with E-state index in [9.17, 15) is 9.18 Å². The summed E-state index contributed by atoms with van der Waals surface area (Å²) in [6.07, 6.45) is 1.22. The summed E-state index contributed by atoms with van der Waals surface area (Å²) < 4.78 is 14.4. The molecule has 4 rings (SSSR count). The smallest absolute Gasteiger partial charge is 0.229 e. The Morgan fingerprint density at radius 1 is 1.06 bits per heavy atom. The van der Waals surface area contributed by atoms with Crippen molar-refractivity contribution >= 4 is 44.4 Å². The average molecular weight is 451 g/mol. The zero-order valence-corrected chi connectivity index (χ0v) is 18.9. The van der Waals surface area contributed by atoms with Gasteiger partial charge in [-0.1, -0.05) is 59.4 Å². The fraction of sp³-hybridized carbons (Fsp3) is 0.200. The molecule has 0 aliphatic heterocycles. The Balaban J connectivity index is 1.46. The predicted octanol–water partition coefficient (Wildman–Crippen LogP) is 6.85. The van der Waals surface area contributed by atoms with E-state index in [0.29, 0.717) is 23.6 Å². The number of benzene rings is 3. The standard InChI is InChI=1S/C25H23FN2OS2/c1-18-9-12-21(13-10-18)30-15-5-8-24(29)28(17-19-6-3-2-4-7-19)25-27-22-14-11-20(26)16-23(22)31-25/h2-4,6-7,9-14,16H,5,8,15,17H2,1H3. The molecule has 1 amide bonds. The van der Waals surface area contributed by atoms with Gasteiger partial charge in [0.25, 0.3) is 0 Å². The summed E-state index contributed by atoms with van der Waals surface area (Å²) in [4.78, 5) is 20.7. The van der Waals surface area contributed by atoms with Gasteiger partial charge in [-0.2, -0.15) is 0 Å². The molecule has 0 spiro atoms. The molecule has 0 aliphatic carbocycles. The molecule has 1 aromatic heterocycles. The number of rotatable bonds is 8. The number of halogens is 1. The molecule has 0 N–H and O–H groups in total. The molecule has 0 aliphatic rings. The Bertz CT molecular complexity index is 1160. The summed E-state index contributed by atoms with van der Waals surface area (Å²) in [6, 6.07) is 22.8. The Hall–Kier alpha value is -2.70. The molecule has 3 aromatic carbocycles. The van der Waals surface area contributed by atoms with Crippen LogP contribution in [0.4, 0.5) is 9.52 Å². The molecular weight excluding hydrogens is 427 g/mol. The predicted molar refractivity (Wildman–Crippen MR) is 128 cm³/mol. The van der Waals surface area contributed by atoms with E-state index in [0.717, 1.165) is 22.4 Å². The Morgan fingerprint density at radius 3 is 2.61 bits per heavy atom. The van der Waals surface area contributed by atoms with E-state index in [1.165, 1.54) is 33.9 Å². The maximum absolute atomic E-state index is 13.6. The first kappa shape index (κ1) is 21.5. The van der Waals surface area contributed by atoms with Crippen LogP contribution >= 0.6 is 23.1 Å². The molecule has 0 atom stereocenters. The van der Waals surface area contributed by atoms with Crippen molar-refractivity contribution in [2.45, 2.75) is 31.2 Å². The van der Waals surface area contributed by atoms with Crippen molar-refractivity contribution in [3.63, 3.8) is 0 Å². The summed E-state index contributed by atoms with van der Waals surface area (Å²) in [5.41, 5.74) is 2.99. The lowest BCUT2D eigenvalue weighted by Gasteiger charge is -2.20. The van der Waals surface area contributed by atoms with Crippen molar-refractivity contribution in [2.75, 3.05) is 10.7 Å². The molecule has 31 heavy (non-hydrogen) atoms. The molecule has 0 saturated carbocycles. The minimum absolute atomic E-state index is 0.0351. The van der Waals surface area contributed by atoms with Crippen LogP contribution in [0.5, 0.6) is 0 Å². The highest BCUT2D eigenvalue weighted by molar-refractivity contribution is 7.99. The fourth-order valence-electron chi connectivity index (χ4n) is 3.21. The van der Waals surface area contributed by atoms with Crippen LogP contribution in [0.25, 0.3) is 10.2 Å². The van der Waals surface area contributed by atoms with Crippen LogP contribution in [-0.4, -0.2) is 16.6 Å². The van der Waals surface area contributed by atoms with Crippen molar-refractivity contribution in [2.24, 2.45) is 0 Å². The van der Waals surface area contributed by atoms with Crippen molar-refractivity contribution in [3.8, 4) is 0 Å². The van der Waals surface area contributed by atoms with Crippen LogP contribution in [0, 0.1) is 12.7 Å². The SMILES string of the molecule is Cc1ccc(SCCCC(=O)N(Cc2ccccc2)c2nc3ccc(F)cc3s2)cc1. The van der Waals surface area contributed by atoms with Gasteiger partial charge >= 0.3 is 0 Å². The Morgan fingerprint density at radius 2 is 1.84 bits per heavy atom. The van der Waals surface area contributed by atoms with Gasteiger partial charge < -0.3 is 0 Å². The van der Waals surface area contributed by atoms with Crippen LogP contribution in [0.2, 0.25) is 0 Å². The zero-order chi connectivity index (χ0) is 21.6. The van der Waals surface area contributed by atoms with Gasteiger partial charge in [0.2, 0.25) is 5.91 Å². The van der Waals surface area contributed by atoms with Crippen molar-refractivity contribution in [1.82, 2.24) is 4.98 Å². The molecule has 0 saturated heterocycles. The normalized spacial score (nSPS) is 11.0. The largest absolute Gasteiger partial charge is 0.284 e.